The van der Waals surface area contributed by atoms with Crippen LogP contribution in [-0.2, 0) is 6.67 Å². The van der Waals surface area contributed by atoms with Gasteiger partial charge in [0.25, 0.3) is 0 Å². The average Bonchev–Trinajstić information content (AvgIpc) is 2.77. The summed E-state index contributed by atoms with van der Waals surface area (Å²) >= 11 is 3.41. The van der Waals surface area contributed by atoms with Gasteiger partial charge >= 0.3 is 0 Å². The zero-order chi connectivity index (χ0) is 10.7. The van der Waals surface area contributed by atoms with Crippen LogP contribution in [0.4, 0.5) is 0 Å². The molecule has 0 spiro atoms. The first kappa shape index (κ1) is 11.1. The highest BCUT2D eigenvalue weighted by molar-refractivity contribution is 9.10. The fourth-order valence-corrected chi connectivity index (χ4v) is 2.68. The molecule has 0 radical (unpaired) electrons. The van der Waals surface area contributed by atoms with Crippen LogP contribution in [0.15, 0.2) is 16.9 Å². The Balaban J connectivity index is 1.78. The number of hydrogen-bond donors (Lipinski definition) is 0. The molecule has 1 aliphatic rings. The van der Waals surface area contributed by atoms with Crippen LogP contribution in [0.5, 0.6) is 0 Å². The van der Waals surface area contributed by atoms with E-state index in [-0.39, 0.29) is 0 Å². The molecular weight excluding hydrogens is 254 g/mol. The maximum Gasteiger partial charge on any atom is 0.0926 e. The molecule has 0 amide bonds. The molecule has 0 N–H and O–H groups in total. The van der Waals surface area contributed by atoms with Crippen molar-refractivity contribution >= 4 is 15.9 Å². The highest BCUT2D eigenvalue weighted by Crippen LogP contribution is 2.25. The molecule has 2 rings (SSSR count). The second-order valence-electron chi connectivity index (χ2n) is 4.53. The monoisotopic (exact) mass is 271 g/mol. The number of hydrogen-bond acceptors (Lipinski definition) is 2. The largest absolute Gasteiger partial charge is 0.287 e. The van der Waals surface area contributed by atoms with Crippen LogP contribution < -0.4 is 0 Å². The van der Waals surface area contributed by atoms with Crippen LogP contribution in [-0.4, -0.2) is 28.3 Å². The van der Waals surface area contributed by atoms with Crippen molar-refractivity contribution in [1.29, 1.82) is 0 Å². The average molecular weight is 272 g/mol. The molecule has 0 bridgehead atoms. The third-order valence-electron chi connectivity index (χ3n) is 3.03. The van der Waals surface area contributed by atoms with Gasteiger partial charge in [0.05, 0.1) is 17.3 Å². The van der Waals surface area contributed by atoms with E-state index in [0.29, 0.717) is 0 Å². The van der Waals surface area contributed by atoms with E-state index >= 15 is 0 Å². The normalized spacial score (nSPS) is 17.8. The van der Waals surface area contributed by atoms with Crippen LogP contribution in [0.1, 0.15) is 25.7 Å². The van der Waals surface area contributed by atoms with Crippen molar-refractivity contribution in [3.05, 3.63) is 16.9 Å². The van der Waals surface area contributed by atoms with Crippen molar-refractivity contribution in [3.8, 4) is 0 Å². The summed E-state index contributed by atoms with van der Waals surface area (Å²) in [6.45, 7) is 2.10. The Morgan fingerprint density at radius 1 is 1.53 bits per heavy atom. The topological polar surface area (TPSA) is 21.1 Å². The van der Waals surface area contributed by atoms with Crippen LogP contribution in [0, 0.1) is 5.92 Å². The quantitative estimate of drug-likeness (QED) is 0.840. The minimum absolute atomic E-state index is 0.891. The first-order valence-corrected chi connectivity index (χ1v) is 6.40. The van der Waals surface area contributed by atoms with Gasteiger partial charge in [0.2, 0.25) is 0 Å². The minimum Gasteiger partial charge on any atom is -0.287 e. The van der Waals surface area contributed by atoms with Crippen LogP contribution >= 0.6 is 15.9 Å². The van der Waals surface area contributed by atoms with Crippen molar-refractivity contribution < 1.29 is 0 Å². The van der Waals surface area contributed by atoms with Crippen molar-refractivity contribution in [2.45, 2.75) is 32.4 Å². The first-order chi connectivity index (χ1) is 7.24. The Kier molecular flexibility index (Phi) is 3.81. The molecular formula is C11H18BrN3. The lowest BCUT2D eigenvalue weighted by atomic mass is 10.1. The maximum absolute atomic E-state index is 4.26. The Hall–Kier alpha value is -0.350. The molecule has 0 atom stereocenters. The van der Waals surface area contributed by atoms with Crippen molar-refractivity contribution in [2.24, 2.45) is 5.92 Å². The summed E-state index contributed by atoms with van der Waals surface area (Å²) in [5, 5.41) is 4.26. The van der Waals surface area contributed by atoms with E-state index in [2.05, 4.69) is 33.0 Å². The zero-order valence-corrected chi connectivity index (χ0v) is 10.8. The fourth-order valence-electron chi connectivity index (χ4n) is 2.35. The van der Waals surface area contributed by atoms with E-state index in [9.17, 15) is 0 Å². The van der Waals surface area contributed by atoms with E-state index in [1.165, 1.54) is 32.2 Å². The summed E-state index contributed by atoms with van der Waals surface area (Å²) in [6, 6.07) is 0. The zero-order valence-electron chi connectivity index (χ0n) is 9.19. The Bertz CT molecular complexity index is 305. The second-order valence-corrected chi connectivity index (χ2v) is 5.44. The van der Waals surface area contributed by atoms with Crippen molar-refractivity contribution in [2.75, 3.05) is 13.6 Å². The van der Waals surface area contributed by atoms with E-state index in [4.69, 9.17) is 0 Å². The van der Waals surface area contributed by atoms with Gasteiger partial charge in [-0.15, -0.1) is 0 Å². The molecule has 0 saturated heterocycles. The molecule has 3 nitrogen and oxygen atoms in total. The number of aromatic nitrogens is 2. The van der Waals surface area contributed by atoms with Gasteiger partial charge in [-0.05, 0) is 41.7 Å². The smallest absolute Gasteiger partial charge is 0.0926 e. The predicted octanol–water partition coefficient (Wildman–Crippen LogP) is 2.73. The molecule has 1 aromatic heterocycles. The van der Waals surface area contributed by atoms with E-state index in [1.807, 2.05) is 17.1 Å². The molecule has 0 aliphatic heterocycles. The summed E-state index contributed by atoms with van der Waals surface area (Å²) in [4.78, 5) is 2.36. The molecule has 1 fully saturated rings. The van der Waals surface area contributed by atoms with Gasteiger partial charge < -0.3 is 0 Å². The summed E-state index contributed by atoms with van der Waals surface area (Å²) in [7, 11) is 2.17. The van der Waals surface area contributed by atoms with Crippen LogP contribution in [0.25, 0.3) is 0 Å². The molecule has 4 heteroatoms. The second kappa shape index (κ2) is 5.12. The third kappa shape index (κ3) is 3.31. The highest BCUT2D eigenvalue weighted by atomic mass is 79.9. The molecule has 1 aliphatic carbocycles. The molecule has 84 valence electrons. The number of halogens is 1. The van der Waals surface area contributed by atoms with Crippen molar-refractivity contribution in [1.82, 2.24) is 14.7 Å². The standard InChI is InChI=1S/C11H18BrN3/c1-14(7-10-4-2-3-5-10)9-15-8-11(12)6-13-15/h6,8,10H,2-5,7,9H2,1H3. The lowest BCUT2D eigenvalue weighted by Crippen LogP contribution is -2.27. The summed E-state index contributed by atoms with van der Waals surface area (Å²) in [6.07, 6.45) is 9.52. The Morgan fingerprint density at radius 3 is 2.87 bits per heavy atom. The number of nitrogens with zero attached hydrogens (tertiary/aromatic N) is 3. The van der Waals surface area contributed by atoms with Gasteiger partial charge in [0, 0.05) is 12.7 Å². The van der Waals surface area contributed by atoms with Gasteiger partial charge in [0.15, 0.2) is 0 Å². The molecule has 15 heavy (non-hydrogen) atoms. The lowest BCUT2D eigenvalue weighted by molar-refractivity contribution is 0.217. The summed E-state index contributed by atoms with van der Waals surface area (Å²) in [5.74, 6) is 0.911. The van der Waals surface area contributed by atoms with Crippen molar-refractivity contribution in [3.63, 3.8) is 0 Å². The molecule has 1 saturated carbocycles. The summed E-state index contributed by atoms with van der Waals surface area (Å²) in [5.41, 5.74) is 0. The molecule has 1 aromatic rings. The Labute approximate surface area is 99.6 Å². The van der Waals surface area contributed by atoms with Gasteiger partial charge in [-0.1, -0.05) is 12.8 Å². The van der Waals surface area contributed by atoms with Crippen LogP contribution in [0.2, 0.25) is 0 Å². The minimum atomic E-state index is 0.891. The van der Waals surface area contributed by atoms with E-state index in [1.54, 1.807) is 0 Å². The van der Waals surface area contributed by atoms with Crippen LogP contribution in [0.3, 0.4) is 0 Å². The van der Waals surface area contributed by atoms with Gasteiger partial charge in [0.1, 0.15) is 0 Å². The number of rotatable bonds is 4. The maximum atomic E-state index is 4.26. The van der Waals surface area contributed by atoms with Gasteiger partial charge in [-0.2, -0.15) is 5.10 Å². The SMILES string of the molecule is CN(CC1CCCC1)Cn1cc(Br)cn1. The Morgan fingerprint density at radius 2 is 2.27 bits per heavy atom. The summed E-state index contributed by atoms with van der Waals surface area (Å²) < 4.78 is 3.02. The van der Waals surface area contributed by atoms with Gasteiger partial charge in [-0.3, -0.25) is 9.58 Å². The first-order valence-electron chi connectivity index (χ1n) is 5.60. The molecule has 0 unspecified atom stereocenters. The highest BCUT2D eigenvalue weighted by Gasteiger charge is 2.16. The molecule has 0 aromatic carbocycles. The fraction of sp³-hybridized carbons (Fsp3) is 0.727. The third-order valence-corrected chi connectivity index (χ3v) is 3.44. The lowest BCUT2D eigenvalue weighted by Gasteiger charge is -2.20. The van der Waals surface area contributed by atoms with Gasteiger partial charge in [-0.25, -0.2) is 0 Å². The van der Waals surface area contributed by atoms with E-state index in [0.717, 1.165) is 17.1 Å². The van der Waals surface area contributed by atoms with E-state index < -0.39 is 0 Å². The predicted molar refractivity (Wildman–Crippen MR) is 64.5 cm³/mol. The molecule has 1 heterocycles.